The fourth-order valence-electron chi connectivity index (χ4n) is 2.24. The van der Waals surface area contributed by atoms with E-state index in [0.717, 1.165) is 32.5 Å². The first kappa shape index (κ1) is 15.2. The van der Waals surface area contributed by atoms with Crippen LogP contribution in [0.15, 0.2) is 18.2 Å². The van der Waals surface area contributed by atoms with Crippen LogP contribution in [0.4, 0.5) is 0 Å². The van der Waals surface area contributed by atoms with Crippen molar-refractivity contribution in [1.82, 2.24) is 5.32 Å². The molecule has 0 spiro atoms. The SMILES string of the molecule is CCCOCCC(Cc1c(C)cccc1C)NC. The summed E-state index contributed by atoms with van der Waals surface area (Å²) in [6, 6.07) is 7.03. The van der Waals surface area contributed by atoms with Crippen LogP contribution in [-0.4, -0.2) is 26.3 Å². The Morgan fingerprint density at radius 1 is 1.17 bits per heavy atom. The first-order chi connectivity index (χ1) is 8.69. The normalized spacial score (nSPS) is 12.7. The van der Waals surface area contributed by atoms with Gasteiger partial charge in [0, 0.05) is 19.3 Å². The topological polar surface area (TPSA) is 21.3 Å². The zero-order valence-electron chi connectivity index (χ0n) is 12.3. The minimum atomic E-state index is 0.502. The molecule has 0 bridgehead atoms. The third kappa shape index (κ3) is 4.79. The van der Waals surface area contributed by atoms with Crippen LogP contribution in [0.3, 0.4) is 0 Å². The van der Waals surface area contributed by atoms with E-state index in [0.29, 0.717) is 6.04 Å². The smallest absolute Gasteiger partial charge is 0.0480 e. The zero-order valence-corrected chi connectivity index (χ0v) is 12.3. The molecule has 2 nitrogen and oxygen atoms in total. The standard InChI is InChI=1S/C16H27NO/c1-5-10-18-11-9-15(17-4)12-16-13(2)7-6-8-14(16)3/h6-8,15,17H,5,9-12H2,1-4H3. The Kier molecular flexibility index (Phi) is 6.99. The summed E-state index contributed by atoms with van der Waals surface area (Å²) >= 11 is 0. The highest BCUT2D eigenvalue weighted by Gasteiger charge is 2.10. The lowest BCUT2D eigenvalue weighted by molar-refractivity contribution is 0.125. The highest BCUT2D eigenvalue weighted by molar-refractivity contribution is 5.34. The third-order valence-electron chi connectivity index (χ3n) is 3.46. The monoisotopic (exact) mass is 249 g/mol. The Bertz CT molecular complexity index is 329. The van der Waals surface area contributed by atoms with Gasteiger partial charge >= 0.3 is 0 Å². The molecular formula is C16H27NO. The zero-order chi connectivity index (χ0) is 13.4. The predicted octanol–water partition coefficient (Wildman–Crippen LogP) is 3.25. The van der Waals surface area contributed by atoms with Crippen molar-refractivity contribution in [3.63, 3.8) is 0 Å². The van der Waals surface area contributed by atoms with Crippen LogP contribution in [0, 0.1) is 13.8 Å². The van der Waals surface area contributed by atoms with Gasteiger partial charge in [-0.15, -0.1) is 0 Å². The Labute approximate surface area is 112 Å². The molecule has 0 aliphatic carbocycles. The summed E-state index contributed by atoms with van der Waals surface area (Å²) in [5.74, 6) is 0. The molecule has 0 saturated carbocycles. The summed E-state index contributed by atoms with van der Waals surface area (Å²) in [7, 11) is 2.04. The summed E-state index contributed by atoms with van der Waals surface area (Å²) in [6.45, 7) is 8.27. The highest BCUT2D eigenvalue weighted by Crippen LogP contribution is 2.16. The van der Waals surface area contributed by atoms with Crippen molar-refractivity contribution in [2.75, 3.05) is 20.3 Å². The number of benzene rings is 1. The molecule has 1 aromatic carbocycles. The van der Waals surface area contributed by atoms with Gasteiger partial charge in [0.2, 0.25) is 0 Å². The van der Waals surface area contributed by atoms with Crippen LogP contribution in [0.25, 0.3) is 0 Å². The van der Waals surface area contributed by atoms with Gasteiger partial charge in [-0.3, -0.25) is 0 Å². The van der Waals surface area contributed by atoms with E-state index in [1.165, 1.54) is 16.7 Å². The van der Waals surface area contributed by atoms with Crippen molar-refractivity contribution >= 4 is 0 Å². The lowest BCUT2D eigenvalue weighted by Gasteiger charge is -2.19. The van der Waals surface area contributed by atoms with Gasteiger partial charge < -0.3 is 10.1 Å². The van der Waals surface area contributed by atoms with Crippen molar-refractivity contribution < 1.29 is 4.74 Å². The van der Waals surface area contributed by atoms with Crippen LogP contribution < -0.4 is 5.32 Å². The van der Waals surface area contributed by atoms with Crippen LogP contribution in [-0.2, 0) is 11.2 Å². The Hall–Kier alpha value is -0.860. The van der Waals surface area contributed by atoms with E-state index < -0.39 is 0 Å². The lowest BCUT2D eigenvalue weighted by Crippen LogP contribution is -2.29. The largest absolute Gasteiger partial charge is 0.381 e. The molecule has 0 radical (unpaired) electrons. The van der Waals surface area contributed by atoms with Crippen LogP contribution in [0.2, 0.25) is 0 Å². The molecule has 0 heterocycles. The van der Waals surface area contributed by atoms with E-state index in [9.17, 15) is 0 Å². The highest BCUT2D eigenvalue weighted by atomic mass is 16.5. The number of hydrogen-bond acceptors (Lipinski definition) is 2. The molecule has 102 valence electrons. The molecule has 1 atom stereocenters. The predicted molar refractivity (Wildman–Crippen MR) is 78.2 cm³/mol. The average Bonchev–Trinajstić information content (AvgIpc) is 2.36. The number of aryl methyl sites for hydroxylation is 2. The van der Waals surface area contributed by atoms with Crippen molar-refractivity contribution in [3.05, 3.63) is 34.9 Å². The number of rotatable bonds is 8. The van der Waals surface area contributed by atoms with Crippen molar-refractivity contribution in [1.29, 1.82) is 0 Å². The van der Waals surface area contributed by atoms with E-state index in [2.05, 4.69) is 44.3 Å². The second kappa shape index (κ2) is 8.28. The van der Waals surface area contributed by atoms with Gasteiger partial charge in [0.25, 0.3) is 0 Å². The molecule has 18 heavy (non-hydrogen) atoms. The average molecular weight is 249 g/mol. The first-order valence-corrected chi connectivity index (χ1v) is 6.99. The number of hydrogen-bond donors (Lipinski definition) is 1. The van der Waals surface area contributed by atoms with Gasteiger partial charge in [0.15, 0.2) is 0 Å². The molecule has 1 unspecified atom stereocenters. The number of likely N-dealkylation sites (N-methyl/N-ethyl adjacent to an activating group) is 1. The Morgan fingerprint density at radius 3 is 2.39 bits per heavy atom. The molecule has 1 N–H and O–H groups in total. The van der Waals surface area contributed by atoms with Gasteiger partial charge in [-0.2, -0.15) is 0 Å². The molecular weight excluding hydrogens is 222 g/mol. The van der Waals surface area contributed by atoms with Gasteiger partial charge in [-0.05, 0) is 56.8 Å². The number of ether oxygens (including phenoxy) is 1. The maximum atomic E-state index is 5.57. The minimum absolute atomic E-state index is 0.502. The maximum absolute atomic E-state index is 5.57. The van der Waals surface area contributed by atoms with Crippen molar-refractivity contribution in [2.45, 2.75) is 46.1 Å². The van der Waals surface area contributed by atoms with Crippen molar-refractivity contribution in [3.8, 4) is 0 Å². The van der Waals surface area contributed by atoms with E-state index >= 15 is 0 Å². The lowest BCUT2D eigenvalue weighted by atomic mass is 9.95. The van der Waals surface area contributed by atoms with Crippen LogP contribution in [0.5, 0.6) is 0 Å². The molecule has 0 fully saturated rings. The maximum Gasteiger partial charge on any atom is 0.0480 e. The van der Waals surface area contributed by atoms with Gasteiger partial charge in [0.05, 0.1) is 0 Å². The second-order valence-corrected chi connectivity index (χ2v) is 4.96. The molecule has 0 amide bonds. The van der Waals surface area contributed by atoms with Crippen molar-refractivity contribution in [2.24, 2.45) is 0 Å². The van der Waals surface area contributed by atoms with Crippen LogP contribution >= 0.6 is 0 Å². The molecule has 0 aromatic heterocycles. The van der Waals surface area contributed by atoms with E-state index in [1.807, 2.05) is 7.05 Å². The first-order valence-electron chi connectivity index (χ1n) is 6.99. The molecule has 0 aliphatic rings. The second-order valence-electron chi connectivity index (χ2n) is 4.96. The summed E-state index contributed by atoms with van der Waals surface area (Å²) < 4.78 is 5.57. The number of nitrogens with one attached hydrogen (secondary N) is 1. The molecule has 0 saturated heterocycles. The molecule has 2 heteroatoms. The van der Waals surface area contributed by atoms with Crippen LogP contribution in [0.1, 0.15) is 36.5 Å². The Morgan fingerprint density at radius 2 is 1.83 bits per heavy atom. The molecule has 0 aliphatic heterocycles. The minimum Gasteiger partial charge on any atom is -0.381 e. The van der Waals surface area contributed by atoms with E-state index in [1.54, 1.807) is 0 Å². The molecule has 1 aromatic rings. The summed E-state index contributed by atoms with van der Waals surface area (Å²) in [4.78, 5) is 0. The van der Waals surface area contributed by atoms with Gasteiger partial charge in [-0.1, -0.05) is 25.1 Å². The summed E-state index contributed by atoms with van der Waals surface area (Å²) in [5.41, 5.74) is 4.27. The molecule has 1 rings (SSSR count). The fourth-order valence-corrected chi connectivity index (χ4v) is 2.24. The van der Waals surface area contributed by atoms with E-state index in [-0.39, 0.29) is 0 Å². The Balaban J connectivity index is 2.52. The fraction of sp³-hybridized carbons (Fsp3) is 0.625. The van der Waals surface area contributed by atoms with Gasteiger partial charge in [-0.25, -0.2) is 0 Å². The summed E-state index contributed by atoms with van der Waals surface area (Å²) in [6.07, 6.45) is 3.26. The van der Waals surface area contributed by atoms with E-state index in [4.69, 9.17) is 4.74 Å². The quantitative estimate of drug-likeness (QED) is 0.714. The third-order valence-corrected chi connectivity index (χ3v) is 3.46. The summed E-state index contributed by atoms with van der Waals surface area (Å²) in [5, 5.41) is 3.40. The van der Waals surface area contributed by atoms with Gasteiger partial charge in [0.1, 0.15) is 0 Å².